The summed E-state index contributed by atoms with van der Waals surface area (Å²) >= 11 is 11.9. The van der Waals surface area contributed by atoms with Crippen LogP contribution < -0.4 is 10.2 Å². The topological polar surface area (TPSA) is 130 Å². The number of phenols is 1. The number of nitrogens with one attached hydrogen (secondary N) is 1. The van der Waals surface area contributed by atoms with Gasteiger partial charge in [0.15, 0.2) is 5.75 Å². The lowest BCUT2D eigenvalue weighted by Gasteiger charge is -2.27. The van der Waals surface area contributed by atoms with Crippen molar-refractivity contribution in [3.8, 4) is 5.75 Å². The number of carbonyl (C=O) groups excluding carboxylic acids is 3. The fourth-order valence-electron chi connectivity index (χ4n) is 2.48. The van der Waals surface area contributed by atoms with Crippen LogP contribution in [-0.2, 0) is 9.59 Å². The highest BCUT2D eigenvalue weighted by atomic mass is 35.5. The summed E-state index contributed by atoms with van der Waals surface area (Å²) in [6.45, 7) is 0. The molecule has 1 fully saturated rings. The molecule has 2 N–H and O–H groups in total. The molecule has 3 rings (SSSR count). The van der Waals surface area contributed by atoms with E-state index in [1.807, 2.05) is 5.32 Å². The molecule has 0 bridgehead atoms. The fourth-order valence-corrected chi connectivity index (χ4v) is 2.98. The van der Waals surface area contributed by atoms with E-state index in [1.54, 1.807) is 0 Å². The van der Waals surface area contributed by atoms with Crippen molar-refractivity contribution in [3.05, 3.63) is 67.7 Å². The maximum Gasteiger partial charge on any atom is 0.335 e. The summed E-state index contributed by atoms with van der Waals surface area (Å²) in [5.74, 6) is -2.53. The zero-order valence-corrected chi connectivity index (χ0v) is 15.2. The number of carbonyl (C=O) groups is 3. The van der Waals surface area contributed by atoms with Crippen molar-refractivity contribution < 1.29 is 24.4 Å². The molecule has 142 valence electrons. The van der Waals surface area contributed by atoms with Gasteiger partial charge in [0, 0.05) is 11.1 Å². The lowest BCUT2D eigenvalue weighted by molar-refractivity contribution is -0.385. The molecular formula is C17H9Cl2N3O6. The zero-order valence-electron chi connectivity index (χ0n) is 13.7. The molecule has 0 saturated carbocycles. The van der Waals surface area contributed by atoms with E-state index in [0.29, 0.717) is 4.90 Å². The van der Waals surface area contributed by atoms with Gasteiger partial charge in [-0.05, 0) is 35.9 Å². The summed E-state index contributed by atoms with van der Waals surface area (Å²) in [7, 11) is 0. The van der Waals surface area contributed by atoms with Crippen molar-refractivity contribution in [1.29, 1.82) is 0 Å². The summed E-state index contributed by atoms with van der Waals surface area (Å²) in [6, 6.07) is 6.36. The first-order valence-electron chi connectivity index (χ1n) is 7.53. The summed E-state index contributed by atoms with van der Waals surface area (Å²) < 4.78 is 0. The summed E-state index contributed by atoms with van der Waals surface area (Å²) in [6.07, 6.45) is 1.06. The number of amides is 4. The smallest absolute Gasteiger partial charge is 0.335 e. The van der Waals surface area contributed by atoms with Crippen LogP contribution in [0.15, 0.2) is 42.0 Å². The zero-order chi connectivity index (χ0) is 20.6. The van der Waals surface area contributed by atoms with Gasteiger partial charge in [0.1, 0.15) is 5.57 Å². The number of urea groups is 1. The van der Waals surface area contributed by atoms with Crippen molar-refractivity contribution >= 4 is 58.5 Å². The molecule has 2 aromatic rings. The normalized spacial score (nSPS) is 15.7. The number of barbiturate groups is 1. The van der Waals surface area contributed by atoms with Gasteiger partial charge < -0.3 is 5.11 Å². The highest BCUT2D eigenvalue weighted by molar-refractivity contribution is 6.42. The van der Waals surface area contributed by atoms with Crippen LogP contribution >= 0.6 is 23.2 Å². The molecule has 1 heterocycles. The molecule has 1 aliphatic heterocycles. The van der Waals surface area contributed by atoms with Gasteiger partial charge in [-0.1, -0.05) is 29.3 Å². The van der Waals surface area contributed by atoms with Gasteiger partial charge in [-0.15, -0.1) is 0 Å². The number of imide groups is 2. The van der Waals surface area contributed by atoms with Crippen molar-refractivity contribution in [2.45, 2.75) is 0 Å². The van der Waals surface area contributed by atoms with Crippen LogP contribution in [0.5, 0.6) is 5.75 Å². The second kappa shape index (κ2) is 7.29. The first-order valence-corrected chi connectivity index (χ1v) is 8.28. The first-order chi connectivity index (χ1) is 13.2. The molecule has 4 amide bonds. The van der Waals surface area contributed by atoms with Gasteiger partial charge in [-0.2, -0.15) is 0 Å². The Morgan fingerprint density at radius 1 is 1.11 bits per heavy atom. The SMILES string of the molecule is O=C1NC(=O)N(c2ccc(Cl)cc2Cl)C(=O)C1=Cc1ccc(O)c([N+](=O)[O-])c1. The van der Waals surface area contributed by atoms with Crippen LogP contribution in [0.1, 0.15) is 5.56 Å². The van der Waals surface area contributed by atoms with Gasteiger partial charge >= 0.3 is 11.7 Å². The molecular weight excluding hydrogens is 413 g/mol. The third-order valence-corrected chi connectivity index (χ3v) is 4.30. The molecule has 0 radical (unpaired) electrons. The Kier molecular flexibility index (Phi) is 5.04. The van der Waals surface area contributed by atoms with Crippen molar-refractivity contribution in [1.82, 2.24) is 5.32 Å². The van der Waals surface area contributed by atoms with E-state index >= 15 is 0 Å². The number of nitro groups is 1. The maximum absolute atomic E-state index is 12.8. The van der Waals surface area contributed by atoms with Gasteiger partial charge in [0.25, 0.3) is 11.8 Å². The number of hydrogen-bond donors (Lipinski definition) is 2. The van der Waals surface area contributed by atoms with Crippen LogP contribution in [0.3, 0.4) is 0 Å². The van der Waals surface area contributed by atoms with E-state index in [2.05, 4.69) is 0 Å². The van der Waals surface area contributed by atoms with Crippen molar-refractivity contribution in [2.75, 3.05) is 4.90 Å². The Balaban J connectivity index is 2.06. The predicted molar refractivity (Wildman–Crippen MR) is 100 cm³/mol. The number of benzene rings is 2. The molecule has 0 aromatic heterocycles. The van der Waals surface area contributed by atoms with Crippen LogP contribution in [0.2, 0.25) is 10.0 Å². The van der Waals surface area contributed by atoms with Gasteiger partial charge in [-0.3, -0.25) is 25.0 Å². The van der Waals surface area contributed by atoms with E-state index in [-0.39, 0.29) is 21.3 Å². The third-order valence-electron chi connectivity index (χ3n) is 3.76. The third kappa shape index (κ3) is 3.53. The Hall–Kier alpha value is -3.43. The quantitative estimate of drug-likeness (QED) is 0.338. The molecule has 28 heavy (non-hydrogen) atoms. The summed E-state index contributed by atoms with van der Waals surface area (Å²) in [5, 5.41) is 22.7. The Labute approximate surface area is 166 Å². The number of phenolic OH excluding ortho intramolecular Hbond substituents is 1. The highest BCUT2D eigenvalue weighted by Gasteiger charge is 2.37. The lowest BCUT2D eigenvalue weighted by Crippen LogP contribution is -2.54. The first kappa shape index (κ1) is 19.3. The Bertz CT molecular complexity index is 1080. The van der Waals surface area contributed by atoms with Gasteiger partial charge in [0.05, 0.1) is 15.6 Å². The molecule has 2 aromatic carbocycles. The number of halogens is 2. The molecule has 0 aliphatic carbocycles. The van der Waals surface area contributed by atoms with Gasteiger partial charge in [-0.25, -0.2) is 9.69 Å². The summed E-state index contributed by atoms with van der Waals surface area (Å²) in [4.78, 5) is 47.9. The number of nitro benzene ring substituents is 1. The second-order valence-electron chi connectivity index (χ2n) is 5.56. The average molecular weight is 422 g/mol. The number of nitrogens with zero attached hydrogens (tertiary/aromatic N) is 2. The molecule has 0 atom stereocenters. The number of hydrogen-bond acceptors (Lipinski definition) is 6. The summed E-state index contributed by atoms with van der Waals surface area (Å²) in [5.41, 5.74) is -0.958. The monoisotopic (exact) mass is 421 g/mol. The van der Waals surface area contributed by atoms with Crippen molar-refractivity contribution in [3.63, 3.8) is 0 Å². The fraction of sp³-hybridized carbons (Fsp3) is 0. The molecule has 1 aliphatic rings. The van der Waals surface area contributed by atoms with Crippen LogP contribution in [0.4, 0.5) is 16.2 Å². The minimum Gasteiger partial charge on any atom is -0.502 e. The van der Waals surface area contributed by atoms with E-state index < -0.39 is 39.8 Å². The lowest BCUT2D eigenvalue weighted by atomic mass is 10.1. The van der Waals surface area contributed by atoms with E-state index in [9.17, 15) is 29.6 Å². The van der Waals surface area contributed by atoms with Crippen LogP contribution in [0, 0.1) is 10.1 Å². The molecule has 0 spiro atoms. The Morgan fingerprint density at radius 3 is 2.46 bits per heavy atom. The minimum absolute atomic E-state index is 0.00338. The largest absolute Gasteiger partial charge is 0.502 e. The average Bonchev–Trinajstić information content (AvgIpc) is 2.61. The van der Waals surface area contributed by atoms with Crippen molar-refractivity contribution in [2.24, 2.45) is 0 Å². The number of anilines is 1. The Morgan fingerprint density at radius 2 is 1.82 bits per heavy atom. The molecule has 0 unspecified atom stereocenters. The second-order valence-corrected chi connectivity index (χ2v) is 6.40. The molecule has 11 heteroatoms. The highest BCUT2D eigenvalue weighted by Crippen LogP contribution is 2.32. The van der Waals surface area contributed by atoms with Crippen LogP contribution in [0.25, 0.3) is 6.08 Å². The van der Waals surface area contributed by atoms with Gasteiger partial charge in [0.2, 0.25) is 0 Å². The van der Waals surface area contributed by atoms with E-state index in [0.717, 1.165) is 18.2 Å². The maximum atomic E-state index is 12.8. The van der Waals surface area contributed by atoms with E-state index in [1.165, 1.54) is 24.3 Å². The molecule has 1 saturated heterocycles. The molecule has 9 nitrogen and oxygen atoms in total. The number of rotatable bonds is 3. The standard InChI is InChI=1S/C17H9Cl2N3O6/c18-9-2-3-12(11(19)7-9)21-16(25)10(15(24)20-17(21)26)5-8-1-4-14(23)13(6-8)22(27)28/h1-7,23H,(H,20,24,26). The van der Waals surface area contributed by atoms with Crippen LogP contribution in [-0.4, -0.2) is 27.9 Å². The van der Waals surface area contributed by atoms with E-state index in [4.69, 9.17) is 23.2 Å². The predicted octanol–water partition coefficient (Wildman–Crippen LogP) is 3.27. The minimum atomic E-state index is -1.01. The number of aromatic hydroxyl groups is 1.